The smallest absolute Gasteiger partial charge is 0.0614 e. The molecule has 1 aliphatic rings. The lowest BCUT2D eigenvalue weighted by Crippen LogP contribution is -2.23. The second-order valence-electron chi connectivity index (χ2n) is 2.18. The van der Waals surface area contributed by atoms with Crippen molar-refractivity contribution in [2.24, 2.45) is 0 Å². The zero-order valence-corrected chi connectivity index (χ0v) is 6.95. The van der Waals surface area contributed by atoms with Gasteiger partial charge in [-0.25, -0.2) is 4.31 Å². The average molecular weight is 146 g/mol. The molecule has 9 heavy (non-hydrogen) atoms. The van der Waals surface area contributed by atoms with Gasteiger partial charge < -0.3 is 0 Å². The number of hydrogen-bond acceptors (Lipinski definition) is 3. The van der Waals surface area contributed by atoms with Crippen LogP contribution in [0.3, 0.4) is 0 Å². The third-order valence-corrected chi connectivity index (χ3v) is 2.80. The summed E-state index contributed by atoms with van der Waals surface area (Å²) in [6.45, 7) is 7.91. The van der Waals surface area contributed by atoms with Crippen LogP contribution in [0.15, 0.2) is 0 Å². The first-order valence-corrected chi connectivity index (χ1v) is 4.41. The monoisotopic (exact) mass is 146 g/mol. The lowest BCUT2D eigenvalue weighted by Gasteiger charge is -2.11. The molecule has 0 aromatic rings. The Bertz CT molecular complexity index is 77.1. The van der Waals surface area contributed by atoms with Crippen molar-refractivity contribution in [2.75, 3.05) is 25.6 Å². The maximum Gasteiger partial charge on any atom is 0.0614 e. The molecule has 1 saturated heterocycles. The second kappa shape index (κ2) is 3.44. The van der Waals surface area contributed by atoms with Gasteiger partial charge in [-0.1, -0.05) is 25.8 Å². The molecule has 1 fully saturated rings. The molecular weight excluding hydrogens is 132 g/mol. The van der Waals surface area contributed by atoms with Crippen molar-refractivity contribution in [2.45, 2.75) is 13.8 Å². The molecule has 0 bridgehead atoms. The molecule has 3 heteroatoms. The van der Waals surface area contributed by atoms with Gasteiger partial charge in [0.2, 0.25) is 0 Å². The molecule has 0 atom stereocenters. The Morgan fingerprint density at radius 1 is 1.33 bits per heavy atom. The fourth-order valence-corrected chi connectivity index (χ4v) is 1.87. The highest BCUT2D eigenvalue weighted by atomic mass is 32.2. The van der Waals surface area contributed by atoms with E-state index in [9.17, 15) is 0 Å². The highest BCUT2D eigenvalue weighted by molar-refractivity contribution is 7.97. The van der Waals surface area contributed by atoms with Gasteiger partial charge >= 0.3 is 0 Å². The minimum absolute atomic E-state index is 1.15. The summed E-state index contributed by atoms with van der Waals surface area (Å²) in [5, 5.41) is 0. The minimum Gasteiger partial charge on any atom is -0.279 e. The Labute approximate surface area is 61.3 Å². The lowest BCUT2D eigenvalue weighted by molar-refractivity contribution is 0.281. The summed E-state index contributed by atoms with van der Waals surface area (Å²) in [6, 6.07) is 0. The average Bonchev–Trinajstić information content (AvgIpc) is 2.34. The largest absolute Gasteiger partial charge is 0.279 e. The maximum atomic E-state index is 2.42. The third kappa shape index (κ3) is 1.85. The lowest BCUT2D eigenvalue weighted by atomic mass is 10.6. The highest BCUT2D eigenvalue weighted by Crippen LogP contribution is 2.18. The summed E-state index contributed by atoms with van der Waals surface area (Å²) in [5.74, 6) is 1.18. The quantitative estimate of drug-likeness (QED) is 0.541. The van der Waals surface area contributed by atoms with Crippen molar-refractivity contribution < 1.29 is 0 Å². The molecule has 2 nitrogen and oxygen atoms in total. The minimum atomic E-state index is 1.15. The molecule has 0 saturated carbocycles. The third-order valence-electron chi connectivity index (χ3n) is 1.58. The van der Waals surface area contributed by atoms with Crippen molar-refractivity contribution >= 4 is 11.9 Å². The van der Waals surface area contributed by atoms with Crippen molar-refractivity contribution in [3.63, 3.8) is 0 Å². The van der Waals surface area contributed by atoms with Gasteiger partial charge in [0.25, 0.3) is 0 Å². The van der Waals surface area contributed by atoms with Crippen LogP contribution in [-0.4, -0.2) is 34.8 Å². The van der Waals surface area contributed by atoms with Crippen LogP contribution in [0.25, 0.3) is 0 Å². The van der Waals surface area contributed by atoms with E-state index >= 15 is 0 Å². The molecule has 0 unspecified atom stereocenters. The molecule has 0 spiro atoms. The summed E-state index contributed by atoms with van der Waals surface area (Å²) in [6.07, 6.45) is 0. The van der Waals surface area contributed by atoms with E-state index in [-0.39, 0.29) is 0 Å². The summed E-state index contributed by atoms with van der Waals surface area (Å²) < 4.78 is 2.38. The molecule has 0 aromatic carbocycles. The summed E-state index contributed by atoms with van der Waals surface area (Å²) in [5.41, 5.74) is 0. The van der Waals surface area contributed by atoms with E-state index in [1.165, 1.54) is 19.0 Å². The Morgan fingerprint density at radius 2 is 2.11 bits per heavy atom. The van der Waals surface area contributed by atoms with E-state index in [0.717, 1.165) is 6.67 Å². The van der Waals surface area contributed by atoms with E-state index in [2.05, 4.69) is 23.1 Å². The van der Waals surface area contributed by atoms with Crippen LogP contribution >= 0.6 is 11.9 Å². The van der Waals surface area contributed by atoms with Crippen LogP contribution in [0.4, 0.5) is 0 Å². The molecule has 1 aliphatic heterocycles. The predicted octanol–water partition coefficient (Wildman–Crippen LogP) is 1.21. The predicted molar refractivity (Wildman–Crippen MR) is 42.1 cm³/mol. The van der Waals surface area contributed by atoms with Crippen LogP contribution in [0, 0.1) is 0 Å². The van der Waals surface area contributed by atoms with E-state index in [1.54, 1.807) is 0 Å². The number of hydrogen-bond donors (Lipinski definition) is 0. The first kappa shape index (κ1) is 7.38. The molecule has 0 aromatic heterocycles. The van der Waals surface area contributed by atoms with E-state index in [4.69, 9.17) is 0 Å². The molecule has 0 radical (unpaired) electrons. The van der Waals surface area contributed by atoms with Crippen LogP contribution in [-0.2, 0) is 0 Å². The van der Waals surface area contributed by atoms with Crippen molar-refractivity contribution in [3.05, 3.63) is 0 Å². The normalized spacial score (nSPS) is 23.3. The Morgan fingerprint density at radius 3 is 2.44 bits per heavy atom. The van der Waals surface area contributed by atoms with Gasteiger partial charge in [-0.3, -0.25) is 4.90 Å². The molecule has 0 N–H and O–H groups in total. The SMILES string of the molecule is CCN1CSN(CC)C1. The standard InChI is InChI=1S/C6H14N2S/c1-3-7-5-8(4-2)9-6-7/h3-6H2,1-2H3. The zero-order chi connectivity index (χ0) is 6.69. The second-order valence-corrected chi connectivity index (χ2v) is 3.22. The van der Waals surface area contributed by atoms with E-state index in [0.29, 0.717) is 0 Å². The van der Waals surface area contributed by atoms with Crippen LogP contribution in [0.2, 0.25) is 0 Å². The van der Waals surface area contributed by atoms with Gasteiger partial charge in [-0.2, -0.15) is 0 Å². The van der Waals surface area contributed by atoms with E-state index < -0.39 is 0 Å². The fraction of sp³-hybridized carbons (Fsp3) is 1.00. The van der Waals surface area contributed by atoms with Crippen molar-refractivity contribution in [1.29, 1.82) is 0 Å². The number of nitrogens with zero attached hydrogens (tertiary/aromatic N) is 2. The highest BCUT2D eigenvalue weighted by Gasteiger charge is 2.16. The molecule has 54 valence electrons. The van der Waals surface area contributed by atoms with Gasteiger partial charge in [0.15, 0.2) is 0 Å². The molecule has 1 rings (SSSR count). The summed E-state index contributed by atoms with van der Waals surface area (Å²) >= 11 is 1.93. The summed E-state index contributed by atoms with van der Waals surface area (Å²) in [4.78, 5) is 2.42. The molecular formula is C6H14N2S. The molecule has 0 amide bonds. The molecule has 0 aliphatic carbocycles. The van der Waals surface area contributed by atoms with Gasteiger partial charge in [-0.15, -0.1) is 0 Å². The van der Waals surface area contributed by atoms with Crippen LogP contribution < -0.4 is 0 Å². The van der Waals surface area contributed by atoms with Gasteiger partial charge in [-0.05, 0) is 6.54 Å². The van der Waals surface area contributed by atoms with Crippen molar-refractivity contribution in [3.8, 4) is 0 Å². The first-order chi connectivity index (χ1) is 4.36. The zero-order valence-electron chi connectivity index (χ0n) is 6.13. The first-order valence-electron chi connectivity index (χ1n) is 3.47. The molecule has 1 heterocycles. The Kier molecular flexibility index (Phi) is 2.82. The van der Waals surface area contributed by atoms with Crippen molar-refractivity contribution in [1.82, 2.24) is 9.21 Å². The Hall–Kier alpha value is 0.270. The maximum absolute atomic E-state index is 2.42. The van der Waals surface area contributed by atoms with E-state index in [1.807, 2.05) is 11.9 Å². The van der Waals surface area contributed by atoms with Gasteiger partial charge in [0.05, 0.1) is 12.5 Å². The topological polar surface area (TPSA) is 6.48 Å². The number of rotatable bonds is 2. The van der Waals surface area contributed by atoms with Gasteiger partial charge in [0.1, 0.15) is 0 Å². The van der Waals surface area contributed by atoms with Crippen LogP contribution in [0.1, 0.15) is 13.8 Å². The Balaban J connectivity index is 2.20. The van der Waals surface area contributed by atoms with Gasteiger partial charge in [0, 0.05) is 6.54 Å². The summed E-state index contributed by atoms with van der Waals surface area (Å²) in [7, 11) is 0. The van der Waals surface area contributed by atoms with Crippen LogP contribution in [0.5, 0.6) is 0 Å². The fourth-order valence-electron chi connectivity index (χ4n) is 0.851.